The van der Waals surface area contributed by atoms with E-state index in [9.17, 15) is 4.79 Å². The third-order valence-corrected chi connectivity index (χ3v) is 6.75. The molecule has 4 fully saturated rings. The van der Waals surface area contributed by atoms with Crippen molar-refractivity contribution in [2.24, 2.45) is 23.7 Å². The highest BCUT2D eigenvalue weighted by Gasteiger charge is 2.51. The molecule has 0 aromatic heterocycles. The minimum atomic E-state index is 0.171. The molecule has 0 atom stereocenters. The van der Waals surface area contributed by atoms with Gasteiger partial charge < -0.3 is 4.90 Å². The Morgan fingerprint density at radius 3 is 1.80 bits per heavy atom. The number of para-hydroxylation sites is 1. The number of benzene rings is 2. The summed E-state index contributed by atoms with van der Waals surface area (Å²) in [6.07, 6.45) is 6.73. The Labute approximate surface area is 149 Å². The molecule has 2 aromatic carbocycles. The van der Waals surface area contributed by atoms with Gasteiger partial charge in [0.1, 0.15) is 0 Å². The largest absolute Gasteiger partial charge is 0.305 e. The summed E-state index contributed by atoms with van der Waals surface area (Å²) in [5.41, 5.74) is 1.87. The maximum absolute atomic E-state index is 13.5. The number of amides is 1. The standard InChI is InChI=1S/C23H25NO/c25-23(18-7-3-1-4-8-18)24(21-9-5-2-6-10-21)22-19-12-16-11-17(14-19)15-20(22)13-16/h1-10,16-17,19-20,22H,11-15H2. The fourth-order valence-electron chi connectivity index (χ4n) is 6.05. The number of hydrogen-bond acceptors (Lipinski definition) is 1. The van der Waals surface area contributed by atoms with E-state index in [1.807, 2.05) is 36.4 Å². The first-order valence-electron chi connectivity index (χ1n) is 9.73. The zero-order valence-electron chi connectivity index (χ0n) is 14.6. The second-order valence-electron chi connectivity index (χ2n) is 8.30. The smallest absolute Gasteiger partial charge is 0.258 e. The Morgan fingerprint density at radius 1 is 0.720 bits per heavy atom. The van der Waals surface area contributed by atoms with Gasteiger partial charge in [-0.15, -0.1) is 0 Å². The average molecular weight is 331 g/mol. The molecular weight excluding hydrogens is 306 g/mol. The van der Waals surface area contributed by atoms with E-state index in [0.717, 1.165) is 23.1 Å². The fraction of sp³-hybridized carbons (Fsp3) is 0.435. The van der Waals surface area contributed by atoms with Gasteiger partial charge in [-0.25, -0.2) is 0 Å². The van der Waals surface area contributed by atoms with Crippen molar-refractivity contribution < 1.29 is 4.79 Å². The summed E-state index contributed by atoms with van der Waals surface area (Å²) in [5.74, 6) is 3.38. The monoisotopic (exact) mass is 331 g/mol. The fourth-order valence-corrected chi connectivity index (χ4v) is 6.05. The van der Waals surface area contributed by atoms with Crippen LogP contribution in [0.4, 0.5) is 5.69 Å². The molecular formula is C23H25NO. The molecule has 0 aliphatic heterocycles. The summed E-state index contributed by atoms with van der Waals surface area (Å²) >= 11 is 0. The van der Waals surface area contributed by atoms with E-state index in [-0.39, 0.29) is 5.91 Å². The predicted octanol–water partition coefficient (Wildman–Crippen LogP) is 5.16. The summed E-state index contributed by atoms with van der Waals surface area (Å²) in [7, 11) is 0. The average Bonchev–Trinajstić information content (AvgIpc) is 2.65. The van der Waals surface area contributed by atoms with E-state index in [1.165, 1.54) is 32.1 Å². The third kappa shape index (κ3) is 2.59. The molecule has 0 saturated heterocycles. The summed E-state index contributed by atoms with van der Waals surface area (Å²) in [6.45, 7) is 0. The van der Waals surface area contributed by atoms with E-state index < -0.39 is 0 Å². The van der Waals surface area contributed by atoms with Gasteiger partial charge in [-0.2, -0.15) is 0 Å². The normalized spacial score (nSPS) is 32.6. The topological polar surface area (TPSA) is 20.3 Å². The summed E-state index contributed by atoms with van der Waals surface area (Å²) in [5, 5.41) is 0. The molecule has 25 heavy (non-hydrogen) atoms. The first-order valence-corrected chi connectivity index (χ1v) is 9.73. The van der Waals surface area contributed by atoms with Crippen LogP contribution in [0.25, 0.3) is 0 Å². The van der Waals surface area contributed by atoms with Crippen LogP contribution in [-0.2, 0) is 0 Å². The Morgan fingerprint density at radius 2 is 1.24 bits per heavy atom. The van der Waals surface area contributed by atoms with E-state index in [2.05, 4.69) is 29.2 Å². The molecule has 2 aromatic rings. The Kier molecular flexibility index (Phi) is 3.65. The van der Waals surface area contributed by atoms with Gasteiger partial charge in [0.15, 0.2) is 0 Å². The van der Waals surface area contributed by atoms with Crippen LogP contribution in [0.1, 0.15) is 42.5 Å². The molecule has 1 amide bonds. The Hall–Kier alpha value is -2.09. The molecule has 0 radical (unpaired) electrons. The first kappa shape index (κ1) is 15.2. The molecule has 0 unspecified atom stereocenters. The lowest BCUT2D eigenvalue weighted by molar-refractivity contribution is -0.00224. The van der Waals surface area contributed by atoms with Crippen LogP contribution in [0.3, 0.4) is 0 Å². The van der Waals surface area contributed by atoms with Gasteiger partial charge in [0, 0.05) is 17.3 Å². The van der Waals surface area contributed by atoms with E-state index in [4.69, 9.17) is 0 Å². The maximum Gasteiger partial charge on any atom is 0.258 e. The molecule has 2 heteroatoms. The molecule has 4 aliphatic carbocycles. The van der Waals surface area contributed by atoms with Crippen molar-refractivity contribution in [2.45, 2.75) is 38.1 Å². The number of hydrogen-bond donors (Lipinski definition) is 0. The number of anilines is 1. The summed E-state index contributed by atoms with van der Waals surface area (Å²) in [6, 6.07) is 20.5. The number of nitrogens with zero attached hydrogens (tertiary/aromatic N) is 1. The van der Waals surface area contributed by atoms with Crippen molar-refractivity contribution in [2.75, 3.05) is 4.90 Å². The van der Waals surface area contributed by atoms with E-state index in [1.54, 1.807) is 0 Å². The highest BCUT2D eigenvalue weighted by Crippen LogP contribution is 2.55. The lowest BCUT2D eigenvalue weighted by atomic mass is 9.53. The molecule has 6 rings (SSSR count). The maximum atomic E-state index is 13.5. The van der Waals surface area contributed by atoms with Crippen molar-refractivity contribution in [3.05, 3.63) is 66.2 Å². The Balaban J connectivity index is 1.55. The quantitative estimate of drug-likeness (QED) is 0.761. The van der Waals surface area contributed by atoms with Crippen LogP contribution in [0.15, 0.2) is 60.7 Å². The predicted molar refractivity (Wildman–Crippen MR) is 101 cm³/mol. The second-order valence-corrected chi connectivity index (χ2v) is 8.30. The van der Waals surface area contributed by atoms with Crippen molar-refractivity contribution >= 4 is 11.6 Å². The highest BCUT2D eigenvalue weighted by molar-refractivity contribution is 6.06. The number of rotatable bonds is 3. The lowest BCUT2D eigenvalue weighted by Crippen LogP contribution is -2.57. The van der Waals surface area contributed by atoms with Crippen LogP contribution in [0.2, 0.25) is 0 Å². The van der Waals surface area contributed by atoms with Crippen LogP contribution >= 0.6 is 0 Å². The SMILES string of the molecule is O=C(c1ccccc1)N(c1ccccc1)C1C2CC3CC(C2)CC1C3. The van der Waals surface area contributed by atoms with E-state index >= 15 is 0 Å². The minimum absolute atomic E-state index is 0.171. The second kappa shape index (κ2) is 6.01. The zero-order chi connectivity index (χ0) is 16.8. The zero-order valence-corrected chi connectivity index (χ0v) is 14.6. The van der Waals surface area contributed by atoms with Gasteiger partial charge in [-0.3, -0.25) is 4.79 Å². The summed E-state index contributed by atoms with van der Waals surface area (Å²) in [4.78, 5) is 15.6. The molecule has 0 spiro atoms. The molecule has 128 valence electrons. The minimum Gasteiger partial charge on any atom is -0.305 e. The van der Waals surface area contributed by atoms with Crippen LogP contribution in [-0.4, -0.2) is 11.9 Å². The molecule has 4 aliphatic rings. The first-order chi connectivity index (χ1) is 12.3. The third-order valence-electron chi connectivity index (χ3n) is 6.75. The van der Waals surface area contributed by atoms with Crippen LogP contribution in [0, 0.1) is 23.7 Å². The van der Waals surface area contributed by atoms with Gasteiger partial charge in [-0.05, 0) is 80.0 Å². The molecule has 0 heterocycles. The summed E-state index contributed by atoms with van der Waals surface area (Å²) < 4.78 is 0. The number of carbonyl (C=O) groups is 1. The number of carbonyl (C=O) groups excluding carboxylic acids is 1. The lowest BCUT2D eigenvalue weighted by Gasteiger charge is -2.57. The molecule has 4 saturated carbocycles. The van der Waals surface area contributed by atoms with Gasteiger partial charge in [0.05, 0.1) is 0 Å². The van der Waals surface area contributed by atoms with Crippen molar-refractivity contribution in [3.8, 4) is 0 Å². The highest BCUT2D eigenvalue weighted by atomic mass is 16.2. The Bertz CT molecular complexity index is 726. The van der Waals surface area contributed by atoms with Gasteiger partial charge in [0.25, 0.3) is 5.91 Å². The van der Waals surface area contributed by atoms with Gasteiger partial charge >= 0.3 is 0 Å². The molecule has 0 N–H and O–H groups in total. The molecule has 2 nitrogen and oxygen atoms in total. The van der Waals surface area contributed by atoms with Crippen LogP contribution in [0.5, 0.6) is 0 Å². The van der Waals surface area contributed by atoms with E-state index in [0.29, 0.717) is 17.9 Å². The van der Waals surface area contributed by atoms with Crippen molar-refractivity contribution in [1.82, 2.24) is 0 Å². The van der Waals surface area contributed by atoms with Crippen molar-refractivity contribution in [1.29, 1.82) is 0 Å². The van der Waals surface area contributed by atoms with Crippen LogP contribution < -0.4 is 4.90 Å². The van der Waals surface area contributed by atoms with Gasteiger partial charge in [0.2, 0.25) is 0 Å². The molecule has 4 bridgehead atoms. The van der Waals surface area contributed by atoms with Crippen molar-refractivity contribution in [3.63, 3.8) is 0 Å². The van der Waals surface area contributed by atoms with Gasteiger partial charge in [-0.1, -0.05) is 36.4 Å².